The number of oxazole rings is 1. The zero-order valence-corrected chi connectivity index (χ0v) is 18.9. The van der Waals surface area contributed by atoms with E-state index in [9.17, 15) is 9.59 Å². The normalized spacial score (nSPS) is 10.9. The van der Waals surface area contributed by atoms with Crippen molar-refractivity contribution in [2.45, 2.75) is 19.1 Å². The van der Waals surface area contributed by atoms with E-state index >= 15 is 0 Å². The van der Waals surface area contributed by atoms with Crippen LogP contribution in [0.25, 0.3) is 22.2 Å². The summed E-state index contributed by atoms with van der Waals surface area (Å²) >= 11 is 2.50. The van der Waals surface area contributed by atoms with Gasteiger partial charge in [0.2, 0.25) is 5.91 Å². The highest BCUT2D eigenvalue weighted by Gasteiger charge is 2.23. The van der Waals surface area contributed by atoms with Gasteiger partial charge in [0.1, 0.15) is 16.1 Å². The van der Waals surface area contributed by atoms with Gasteiger partial charge in [-0.15, -0.1) is 11.3 Å². The molecular formula is C23H20N2O4S2. The number of rotatable bonds is 6. The van der Waals surface area contributed by atoms with Crippen molar-refractivity contribution in [2.75, 3.05) is 18.2 Å². The average molecular weight is 453 g/mol. The largest absolute Gasteiger partial charge is 0.465 e. The Labute approximate surface area is 187 Å². The van der Waals surface area contributed by atoms with Crippen LogP contribution >= 0.6 is 23.1 Å². The number of benzene rings is 2. The van der Waals surface area contributed by atoms with Crippen LogP contribution in [0.5, 0.6) is 0 Å². The van der Waals surface area contributed by atoms with Gasteiger partial charge in [-0.1, -0.05) is 47.7 Å². The van der Waals surface area contributed by atoms with Crippen molar-refractivity contribution < 1.29 is 18.7 Å². The van der Waals surface area contributed by atoms with Crippen LogP contribution < -0.4 is 5.32 Å². The molecule has 0 radical (unpaired) electrons. The number of nitrogens with zero attached hydrogens (tertiary/aromatic N) is 1. The number of amides is 1. The van der Waals surface area contributed by atoms with Crippen molar-refractivity contribution in [1.29, 1.82) is 0 Å². The van der Waals surface area contributed by atoms with Gasteiger partial charge < -0.3 is 14.5 Å². The highest BCUT2D eigenvalue weighted by molar-refractivity contribution is 7.99. The van der Waals surface area contributed by atoms with Gasteiger partial charge in [-0.05, 0) is 37.1 Å². The lowest BCUT2D eigenvalue weighted by molar-refractivity contribution is -0.113. The number of methoxy groups -OCH3 is 1. The van der Waals surface area contributed by atoms with Gasteiger partial charge in [0.15, 0.2) is 5.58 Å². The molecule has 0 unspecified atom stereocenters. The SMILES string of the molecule is COC(=O)c1c(-c2cc(C)ccc2C)csc1NC(=O)CSc1nc2ccccc2o1. The maximum Gasteiger partial charge on any atom is 0.341 e. The summed E-state index contributed by atoms with van der Waals surface area (Å²) in [6.45, 7) is 3.99. The lowest BCUT2D eigenvalue weighted by atomic mass is 9.97. The number of fused-ring (bicyclic) bond motifs is 1. The number of ether oxygens (including phenoxy) is 1. The van der Waals surface area contributed by atoms with Gasteiger partial charge in [0.25, 0.3) is 5.22 Å². The third-order valence-electron chi connectivity index (χ3n) is 4.72. The molecule has 2 aromatic carbocycles. The van der Waals surface area contributed by atoms with Gasteiger partial charge >= 0.3 is 5.97 Å². The van der Waals surface area contributed by atoms with Crippen LogP contribution in [0.4, 0.5) is 5.00 Å². The quantitative estimate of drug-likeness (QED) is 0.299. The second-order valence-corrected chi connectivity index (χ2v) is 8.75. The predicted octanol–water partition coefficient (Wildman–Crippen LogP) is 5.69. The Morgan fingerprint density at radius 1 is 1.16 bits per heavy atom. The number of carbonyl (C=O) groups excluding carboxylic acids is 2. The van der Waals surface area contributed by atoms with E-state index in [-0.39, 0.29) is 11.7 Å². The van der Waals surface area contributed by atoms with Crippen LogP contribution in [0.1, 0.15) is 21.5 Å². The van der Waals surface area contributed by atoms with Crippen LogP contribution in [0.2, 0.25) is 0 Å². The van der Waals surface area contributed by atoms with Crippen molar-refractivity contribution in [1.82, 2.24) is 4.98 Å². The fourth-order valence-electron chi connectivity index (χ4n) is 3.18. The van der Waals surface area contributed by atoms with E-state index < -0.39 is 5.97 Å². The van der Waals surface area contributed by atoms with E-state index in [4.69, 9.17) is 9.15 Å². The molecule has 2 aromatic heterocycles. The van der Waals surface area contributed by atoms with Crippen molar-refractivity contribution in [3.63, 3.8) is 0 Å². The maximum atomic E-state index is 12.6. The summed E-state index contributed by atoms with van der Waals surface area (Å²) in [7, 11) is 1.33. The number of aryl methyl sites for hydroxylation is 2. The fourth-order valence-corrected chi connectivity index (χ4v) is 4.78. The minimum atomic E-state index is -0.487. The number of anilines is 1. The number of nitrogens with one attached hydrogen (secondary N) is 1. The summed E-state index contributed by atoms with van der Waals surface area (Å²) in [6.07, 6.45) is 0. The first kappa shape index (κ1) is 21.1. The van der Waals surface area contributed by atoms with Gasteiger partial charge in [-0.2, -0.15) is 0 Å². The molecule has 0 aliphatic rings. The summed E-state index contributed by atoms with van der Waals surface area (Å²) in [6, 6.07) is 13.5. The Balaban J connectivity index is 1.54. The molecule has 0 saturated carbocycles. The summed E-state index contributed by atoms with van der Waals surface area (Å²) < 4.78 is 10.6. The Bertz CT molecular complexity index is 1240. The molecule has 4 rings (SSSR count). The van der Waals surface area contributed by atoms with Crippen molar-refractivity contribution in [3.8, 4) is 11.1 Å². The Hall–Kier alpha value is -3.10. The first-order valence-corrected chi connectivity index (χ1v) is 11.4. The number of esters is 1. The number of hydrogen-bond acceptors (Lipinski definition) is 7. The van der Waals surface area contributed by atoms with Gasteiger partial charge in [-0.25, -0.2) is 9.78 Å². The fraction of sp³-hybridized carbons (Fsp3) is 0.174. The molecule has 2 heterocycles. The maximum absolute atomic E-state index is 12.6. The third-order valence-corrected chi connectivity index (χ3v) is 6.44. The predicted molar refractivity (Wildman–Crippen MR) is 124 cm³/mol. The number of thioether (sulfide) groups is 1. The van der Waals surface area contributed by atoms with E-state index in [0.29, 0.717) is 21.4 Å². The molecule has 0 aliphatic heterocycles. The molecule has 1 amide bonds. The minimum absolute atomic E-state index is 0.101. The lowest BCUT2D eigenvalue weighted by Crippen LogP contribution is -2.16. The Morgan fingerprint density at radius 3 is 2.74 bits per heavy atom. The average Bonchev–Trinajstić information content (AvgIpc) is 3.37. The molecule has 6 nitrogen and oxygen atoms in total. The number of hydrogen-bond donors (Lipinski definition) is 1. The molecule has 4 aromatic rings. The zero-order valence-electron chi connectivity index (χ0n) is 17.2. The number of aromatic nitrogens is 1. The minimum Gasteiger partial charge on any atom is -0.465 e. The highest BCUT2D eigenvalue weighted by Crippen LogP contribution is 2.38. The molecule has 158 valence electrons. The molecule has 8 heteroatoms. The highest BCUT2D eigenvalue weighted by atomic mass is 32.2. The van der Waals surface area contributed by atoms with E-state index in [1.165, 1.54) is 30.2 Å². The number of para-hydroxylation sites is 2. The van der Waals surface area contributed by atoms with Crippen LogP contribution in [0.15, 0.2) is 57.5 Å². The van der Waals surface area contributed by atoms with E-state index in [2.05, 4.69) is 10.3 Å². The smallest absolute Gasteiger partial charge is 0.341 e. The Kier molecular flexibility index (Phi) is 6.11. The summed E-state index contributed by atoms with van der Waals surface area (Å²) in [5, 5.41) is 5.60. The van der Waals surface area contributed by atoms with Gasteiger partial charge in [0.05, 0.1) is 12.9 Å². The molecular weight excluding hydrogens is 432 g/mol. The van der Waals surface area contributed by atoms with Gasteiger partial charge in [0, 0.05) is 10.9 Å². The van der Waals surface area contributed by atoms with E-state index in [1.807, 2.05) is 61.7 Å². The summed E-state index contributed by atoms with van der Waals surface area (Å²) in [5.41, 5.74) is 5.60. The molecule has 0 aliphatic carbocycles. The summed E-state index contributed by atoms with van der Waals surface area (Å²) in [5.74, 6) is -0.643. The van der Waals surface area contributed by atoms with Crippen molar-refractivity contribution in [3.05, 3.63) is 64.5 Å². The molecule has 31 heavy (non-hydrogen) atoms. The first-order valence-electron chi connectivity index (χ1n) is 9.52. The van der Waals surface area contributed by atoms with Crippen LogP contribution in [0.3, 0.4) is 0 Å². The van der Waals surface area contributed by atoms with E-state index in [1.54, 1.807) is 0 Å². The third kappa shape index (κ3) is 4.50. The standard InChI is InChI=1S/C23H20N2O4S2/c1-13-8-9-14(2)15(10-13)16-11-30-21(20(16)22(27)28-3)25-19(26)12-31-23-24-17-6-4-5-7-18(17)29-23/h4-11H,12H2,1-3H3,(H,25,26). The number of carbonyl (C=O) groups is 2. The monoisotopic (exact) mass is 452 g/mol. The molecule has 0 spiro atoms. The molecule has 0 bridgehead atoms. The molecule has 0 atom stereocenters. The Morgan fingerprint density at radius 2 is 1.97 bits per heavy atom. The first-order chi connectivity index (χ1) is 15.0. The lowest BCUT2D eigenvalue weighted by Gasteiger charge is -2.10. The van der Waals surface area contributed by atoms with Crippen LogP contribution in [0, 0.1) is 13.8 Å². The second kappa shape index (κ2) is 8.95. The van der Waals surface area contributed by atoms with Crippen molar-refractivity contribution in [2.24, 2.45) is 0 Å². The zero-order chi connectivity index (χ0) is 22.0. The number of thiophene rings is 1. The van der Waals surface area contributed by atoms with Crippen molar-refractivity contribution >= 4 is 51.1 Å². The molecule has 0 fully saturated rings. The molecule has 0 saturated heterocycles. The van der Waals surface area contributed by atoms with Gasteiger partial charge in [-0.3, -0.25) is 4.79 Å². The van der Waals surface area contributed by atoms with Crippen LogP contribution in [-0.4, -0.2) is 29.7 Å². The summed E-state index contributed by atoms with van der Waals surface area (Å²) in [4.78, 5) is 29.5. The topological polar surface area (TPSA) is 81.4 Å². The molecule has 1 N–H and O–H groups in total. The van der Waals surface area contributed by atoms with Crippen LogP contribution in [-0.2, 0) is 9.53 Å². The van der Waals surface area contributed by atoms with E-state index in [0.717, 1.165) is 27.8 Å². The second-order valence-electron chi connectivity index (χ2n) is 6.95.